The second kappa shape index (κ2) is 2.99. The molecule has 70 valence electrons. The average molecular weight is 188 g/mol. The molecule has 0 atom stereocenters. The van der Waals surface area contributed by atoms with Gasteiger partial charge in [-0.1, -0.05) is 18.2 Å². The van der Waals surface area contributed by atoms with Crippen LogP contribution in [0.2, 0.25) is 0 Å². The van der Waals surface area contributed by atoms with Crippen LogP contribution in [0.4, 0.5) is 0 Å². The molecule has 1 heterocycles. The summed E-state index contributed by atoms with van der Waals surface area (Å²) in [6.45, 7) is 3.41. The fraction of sp³-hybridized carbons (Fsp3) is 0. The van der Waals surface area contributed by atoms with Gasteiger partial charge in [0.1, 0.15) is 5.52 Å². The van der Waals surface area contributed by atoms with Crippen molar-refractivity contribution >= 4 is 16.7 Å². The van der Waals surface area contributed by atoms with Crippen LogP contribution in [0.1, 0.15) is 0 Å². The summed E-state index contributed by atoms with van der Waals surface area (Å²) in [7, 11) is 0. The van der Waals surface area contributed by atoms with Crippen LogP contribution >= 0.6 is 0 Å². The fourth-order valence-electron chi connectivity index (χ4n) is 1.40. The molecule has 1 aromatic carbocycles. The largest absolute Gasteiger partial charge is 0.358 e. The highest BCUT2D eigenvalue weighted by Crippen LogP contribution is 2.18. The van der Waals surface area contributed by atoms with Gasteiger partial charge in [-0.2, -0.15) is 4.57 Å². The highest BCUT2D eigenvalue weighted by atomic mass is 16.6. The normalized spacial score (nSPS) is 10.3. The Morgan fingerprint density at radius 3 is 2.79 bits per heavy atom. The molecule has 2 aromatic rings. The Morgan fingerprint density at radius 1 is 1.36 bits per heavy atom. The van der Waals surface area contributed by atoms with Crippen molar-refractivity contribution in [2.75, 3.05) is 0 Å². The zero-order chi connectivity index (χ0) is 10.1. The highest BCUT2D eigenvalue weighted by molar-refractivity contribution is 5.82. The van der Waals surface area contributed by atoms with E-state index in [4.69, 9.17) is 0 Å². The maximum absolute atomic E-state index is 10.5. The van der Waals surface area contributed by atoms with E-state index in [1.807, 2.05) is 30.3 Å². The molecule has 0 aliphatic rings. The maximum Gasteiger partial charge on any atom is 0.320 e. The number of para-hydroxylation sites is 1. The lowest BCUT2D eigenvalue weighted by atomic mass is 10.2. The maximum atomic E-state index is 10.5. The van der Waals surface area contributed by atoms with Crippen molar-refractivity contribution in [3.63, 3.8) is 0 Å². The van der Waals surface area contributed by atoms with Gasteiger partial charge in [-0.15, -0.1) is 0 Å². The molecule has 0 saturated carbocycles. The van der Waals surface area contributed by atoms with E-state index in [0.717, 1.165) is 10.9 Å². The third-order valence-electron chi connectivity index (χ3n) is 2.09. The first-order valence-corrected chi connectivity index (χ1v) is 4.10. The predicted octanol–water partition coefficient (Wildman–Crippen LogP) is 2.35. The first-order chi connectivity index (χ1) is 6.70. The number of benzene rings is 1. The lowest BCUT2D eigenvalue weighted by Gasteiger charge is -1.98. The number of nitrogens with zero attached hydrogens (tertiary/aromatic N) is 2. The van der Waals surface area contributed by atoms with Crippen LogP contribution < -0.4 is 0 Å². The Hall–Kier alpha value is -2.10. The number of fused-ring (bicyclic) bond motifs is 1. The first kappa shape index (κ1) is 8.50. The highest BCUT2D eigenvalue weighted by Gasteiger charge is 2.12. The molecule has 0 saturated heterocycles. The second-order valence-corrected chi connectivity index (χ2v) is 2.92. The van der Waals surface area contributed by atoms with Crippen molar-refractivity contribution in [2.24, 2.45) is 0 Å². The molecule has 0 radical (unpaired) electrons. The molecule has 0 aliphatic carbocycles. The summed E-state index contributed by atoms with van der Waals surface area (Å²) < 4.78 is 1.47. The van der Waals surface area contributed by atoms with Crippen LogP contribution in [0.25, 0.3) is 16.7 Å². The van der Waals surface area contributed by atoms with Gasteiger partial charge in [0.15, 0.2) is 0 Å². The van der Waals surface area contributed by atoms with Crippen molar-refractivity contribution < 1.29 is 4.92 Å². The minimum absolute atomic E-state index is 0.133. The Morgan fingerprint density at radius 2 is 2.07 bits per heavy atom. The van der Waals surface area contributed by atoms with Crippen LogP contribution in [-0.4, -0.2) is 9.49 Å². The molecule has 2 rings (SSSR count). The molecule has 0 spiro atoms. The molecule has 0 fully saturated rings. The van der Waals surface area contributed by atoms with Gasteiger partial charge in [-0.05, 0) is 23.6 Å². The van der Waals surface area contributed by atoms with Gasteiger partial charge in [0.25, 0.3) is 0 Å². The molecular formula is C10H8N2O2. The molecule has 0 unspecified atom stereocenters. The van der Waals surface area contributed by atoms with Crippen molar-refractivity contribution in [3.05, 3.63) is 53.2 Å². The Balaban J connectivity index is 2.64. The number of hydrogen-bond acceptors (Lipinski definition) is 2. The number of hydrogen-bond donors (Lipinski definition) is 0. The van der Waals surface area contributed by atoms with Gasteiger partial charge in [0.05, 0.1) is 6.20 Å². The van der Waals surface area contributed by atoms with Gasteiger partial charge in [-0.25, -0.2) is 0 Å². The van der Waals surface area contributed by atoms with Crippen LogP contribution in [0.5, 0.6) is 0 Å². The molecule has 14 heavy (non-hydrogen) atoms. The lowest BCUT2D eigenvalue weighted by Crippen LogP contribution is -2.03. The van der Waals surface area contributed by atoms with Gasteiger partial charge in [-0.3, -0.25) is 0 Å². The van der Waals surface area contributed by atoms with E-state index >= 15 is 0 Å². The summed E-state index contributed by atoms with van der Waals surface area (Å²) in [5, 5.41) is 11.5. The van der Waals surface area contributed by atoms with E-state index in [-0.39, 0.29) is 5.82 Å². The van der Waals surface area contributed by atoms with E-state index in [1.54, 1.807) is 6.20 Å². The van der Waals surface area contributed by atoms with E-state index in [0.29, 0.717) is 0 Å². The molecule has 4 nitrogen and oxygen atoms in total. The third kappa shape index (κ3) is 1.17. The molecule has 0 aliphatic heterocycles. The summed E-state index contributed by atoms with van der Waals surface area (Å²) in [6.07, 6.45) is 1.65. The minimum atomic E-state index is -0.494. The molecule has 1 aromatic heterocycles. The molecule has 4 heteroatoms. The van der Waals surface area contributed by atoms with E-state index in [1.165, 1.54) is 4.57 Å². The van der Waals surface area contributed by atoms with Crippen LogP contribution in [0, 0.1) is 10.1 Å². The Labute approximate surface area is 80.2 Å². The fourth-order valence-corrected chi connectivity index (χ4v) is 1.40. The number of rotatable bonds is 2. The van der Waals surface area contributed by atoms with Crippen LogP contribution in [0.15, 0.2) is 43.1 Å². The minimum Gasteiger partial charge on any atom is -0.358 e. The second-order valence-electron chi connectivity index (χ2n) is 2.92. The lowest BCUT2D eigenvalue weighted by molar-refractivity contribution is -0.382. The summed E-state index contributed by atoms with van der Waals surface area (Å²) in [5.74, 6) is -0.133. The Kier molecular flexibility index (Phi) is 1.81. The number of aromatic nitrogens is 1. The van der Waals surface area contributed by atoms with Crippen molar-refractivity contribution in [2.45, 2.75) is 0 Å². The summed E-state index contributed by atoms with van der Waals surface area (Å²) in [6, 6.07) is 9.28. The topological polar surface area (TPSA) is 48.1 Å². The predicted molar refractivity (Wildman–Crippen MR) is 54.3 cm³/mol. The van der Waals surface area contributed by atoms with Gasteiger partial charge < -0.3 is 10.1 Å². The molecule has 0 bridgehead atoms. The average Bonchev–Trinajstić information content (AvgIpc) is 2.60. The smallest absolute Gasteiger partial charge is 0.320 e. The van der Waals surface area contributed by atoms with Gasteiger partial charge in [0.2, 0.25) is 0 Å². The standard InChI is InChI=1S/C10H8N2O2/c1-8(12(13)14)11-7-6-9-4-2-3-5-10(9)11/h2-7H,1H2. The molecular weight excluding hydrogens is 180 g/mol. The third-order valence-corrected chi connectivity index (χ3v) is 2.09. The zero-order valence-corrected chi connectivity index (χ0v) is 7.38. The van der Waals surface area contributed by atoms with Crippen molar-refractivity contribution in [3.8, 4) is 0 Å². The first-order valence-electron chi connectivity index (χ1n) is 4.10. The number of nitro groups is 1. The molecule has 0 amide bonds. The van der Waals surface area contributed by atoms with Crippen molar-refractivity contribution in [1.29, 1.82) is 0 Å². The molecule has 0 N–H and O–H groups in total. The Bertz CT molecular complexity index is 514. The quantitative estimate of drug-likeness (QED) is 0.536. The van der Waals surface area contributed by atoms with Crippen LogP contribution in [0.3, 0.4) is 0 Å². The zero-order valence-electron chi connectivity index (χ0n) is 7.38. The van der Waals surface area contributed by atoms with Crippen LogP contribution in [-0.2, 0) is 0 Å². The monoisotopic (exact) mass is 188 g/mol. The van der Waals surface area contributed by atoms with Crippen molar-refractivity contribution in [1.82, 2.24) is 4.57 Å². The van der Waals surface area contributed by atoms with E-state index < -0.39 is 4.92 Å². The summed E-state index contributed by atoms with van der Waals surface area (Å²) in [4.78, 5) is 10.0. The van der Waals surface area contributed by atoms with Gasteiger partial charge in [0, 0.05) is 5.39 Å². The van der Waals surface area contributed by atoms with E-state index in [9.17, 15) is 10.1 Å². The summed E-state index contributed by atoms with van der Waals surface area (Å²) in [5.41, 5.74) is 0.800. The summed E-state index contributed by atoms with van der Waals surface area (Å²) >= 11 is 0. The SMILES string of the molecule is C=C(n1ccc2ccccc21)[N+](=O)[O-]. The van der Waals surface area contributed by atoms with Gasteiger partial charge >= 0.3 is 5.82 Å². The van der Waals surface area contributed by atoms with E-state index in [2.05, 4.69) is 6.58 Å².